The number of ketones is 1. The van der Waals surface area contributed by atoms with Crippen LogP contribution in [0.3, 0.4) is 0 Å². The Morgan fingerprint density at radius 2 is 2.00 bits per heavy atom. The van der Waals surface area contributed by atoms with Crippen molar-refractivity contribution < 1.29 is 14.7 Å². The van der Waals surface area contributed by atoms with Crippen LogP contribution in [0.4, 0.5) is 4.79 Å². The Balaban J connectivity index is 2.85. The minimum Gasteiger partial charge on any atom is -0.465 e. The average Bonchev–Trinajstić information content (AvgIpc) is 1.99. The van der Waals surface area contributed by atoms with Crippen LogP contribution in [-0.2, 0) is 4.79 Å². The number of nitrogens with zero attached hydrogens (tertiary/aromatic N) is 1. The van der Waals surface area contributed by atoms with E-state index < -0.39 is 6.09 Å². The summed E-state index contributed by atoms with van der Waals surface area (Å²) in [6.07, 6.45) is -1.03. The normalized spacial score (nSPS) is 18.5. The Bertz CT molecular complexity index is 267. The van der Waals surface area contributed by atoms with Crippen molar-refractivity contribution in [3.05, 3.63) is 11.1 Å². The molecule has 1 rings (SSSR count). The first kappa shape index (κ1) is 8.77. The molecule has 0 aromatic rings. The van der Waals surface area contributed by atoms with Gasteiger partial charge in [-0.1, -0.05) is 0 Å². The van der Waals surface area contributed by atoms with Crippen molar-refractivity contribution in [1.82, 2.24) is 4.90 Å². The summed E-state index contributed by atoms with van der Waals surface area (Å²) in [6, 6.07) is 0. The smallest absolute Gasteiger partial charge is 0.408 e. The minimum atomic E-state index is -1.03. The van der Waals surface area contributed by atoms with Crippen molar-refractivity contribution in [2.24, 2.45) is 0 Å². The number of rotatable bonds is 0. The van der Waals surface area contributed by atoms with Gasteiger partial charge in [-0.2, -0.15) is 0 Å². The number of carboxylic acid groups (broad SMARTS) is 1. The first-order valence-electron chi connectivity index (χ1n) is 3.70. The largest absolute Gasteiger partial charge is 0.465 e. The first-order chi connectivity index (χ1) is 5.52. The maximum atomic E-state index is 11.2. The zero-order valence-corrected chi connectivity index (χ0v) is 7.13. The van der Waals surface area contributed by atoms with Crippen LogP contribution in [0.2, 0.25) is 0 Å². The highest BCUT2D eigenvalue weighted by Crippen LogP contribution is 2.13. The predicted molar refractivity (Wildman–Crippen MR) is 43.0 cm³/mol. The predicted octanol–water partition coefficient (Wildman–Crippen LogP) is 0.886. The maximum absolute atomic E-state index is 11.2. The highest BCUT2D eigenvalue weighted by molar-refractivity contribution is 5.99. The summed E-state index contributed by atoms with van der Waals surface area (Å²) in [5, 5.41) is 8.61. The number of amides is 1. The third-order valence-corrected chi connectivity index (χ3v) is 2.09. The van der Waals surface area contributed by atoms with E-state index in [-0.39, 0.29) is 12.3 Å². The molecule has 0 aromatic heterocycles. The van der Waals surface area contributed by atoms with E-state index in [1.54, 1.807) is 13.8 Å². The first-order valence-corrected chi connectivity index (χ1v) is 3.70. The number of carbonyl (C=O) groups is 2. The maximum Gasteiger partial charge on any atom is 0.408 e. The van der Waals surface area contributed by atoms with Gasteiger partial charge in [0.15, 0.2) is 5.78 Å². The molecular formula is C8H11NO3. The van der Waals surface area contributed by atoms with Crippen LogP contribution in [0.15, 0.2) is 11.1 Å². The molecule has 0 bridgehead atoms. The van der Waals surface area contributed by atoms with Gasteiger partial charge in [-0.15, -0.1) is 0 Å². The van der Waals surface area contributed by atoms with E-state index in [1.807, 2.05) is 0 Å². The second-order valence-corrected chi connectivity index (χ2v) is 2.97. The molecule has 0 unspecified atom stereocenters. The van der Waals surface area contributed by atoms with E-state index in [9.17, 15) is 9.59 Å². The van der Waals surface area contributed by atoms with Gasteiger partial charge < -0.3 is 5.11 Å². The van der Waals surface area contributed by atoms with Crippen molar-refractivity contribution >= 4 is 11.9 Å². The fourth-order valence-electron chi connectivity index (χ4n) is 1.13. The summed E-state index contributed by atoms with van der Waals surface area (Å²) in [5.41, 5.74) is 1.54. The van der Waals surface area contributed by atoms with Gasteiger partial charge in [0.05, 0.1) is 6.54 Å². The Hall–Kier alpha value is -1.32. The third-order valence-electron chi connectivity index (χ3n) is 2.09. The van der Waals surface area contributed by atoms with Gasteiger partial charge in [0.25, 0.3) is 0 Å². The van der Waals surface area contributed by atoms with Gasteiger partial charge in [0.1, 0.15) is 0 Å². The highest BCUT2D eigenvalue weighted by atomic mass is 16.4. The van der Waals surface area contributed by atoms with Crippen LogP contribution in [-0.4, -0.2) is 35.0 Å². The molecule has 1 amide bonds. The zero-order chi connectivity index (χ0) is 9.30. The molecule has 0 saturated heterocycles. The van der Waals surface area contributed by atoms with Crippen molar-refractivity contribution in [2.45, 2.75) is 13.8 Å². The summed E-state index contributed by atoms with van der Waals surface area (Å²) in [6.45, 7) is 3.87. The van der Waals surface area contributed by atoms with Gasteiger partial charge in [0, 0.05) is 6.54 Å². The molecule has 0 aromatic carbocycles. The van der Waals surface area contributed by atoms with Crippen molar-refractivity contribution in [1.29, 1.82) is 0 Å². The molecule has 0 fully saturated rings. The molecule has 0 aliphatic carbocycles. The molecule has 1 heterocycles. The third kappa shape index (κ3) is 1.47. The van der Waals surface area contributed by atoms with E-state index in [2.05, 4.69) is 0 Å². The van der Waals surface area contributed by atoms with Crippen LogP contribution < -0.4 is 0 Å². The standard InChI is InChI=1S/C8H11NO3/c1-5-3-9(8(11)12)4-7(10)6(5)2/h3-4H2,1-2H3,(H,11,12). The van der Waals surface area contributed by atoms with Crippen LogP contribution in [0, 0.1) is 0 Å². The van der Waals surface area contributed by atoms with Gasteiger partial charge in [-0.25, -0.2) is 4.79 Å². The quantitative estimate of drug-likeness (QED) is 0.585. The van der Waals surface area contributed by atoms with Crippen LogP contribution in [0.25, 0.3) is 0 Å². The summed E-state index contributed by atoms with van der Waals surface area (Å²) >= 11 is 0. The van der Waals surface area contributed by atoms with Crippen molar-refractivity contribution in [3.63, 3.8) is 0 Å². The lowest BCUT2D eigenvalue weighted by molar-refractivity contribution is -0.116. The Morgan fingerprint density at radius 3 is 2.42 bits per heavy atom. The Morgan fingerprint density at radius 1 is 1.42 bits per heavy atom. The lowest BCUT2D eigenvalue weighted by atomic mass is 10.0. The van der Waals surface area contributed by atoms with Crippen LogP contribution >= 0.6 is 0 Å². The lowest BCUT2D eigenvalue weighted by Gasteiger charge is -2.24. The Labute approximate surface area is 70.5 Å². The van der Waals surface area contributed by atoms with Crippen molar-refractivity contribution in [3.8, 4) is 0 Å². The second-order valence-electron chi connectivity index (χ2n) is 2.97. The van der Waals surface area contributed by atoms with Crippen LogP contribution in [0.5, 0.6) is 0 Å². The summed E-state index contributed by atoms with van der Waals surface area (Å²) in [7, 11) is 0. The van der Waals surface area contributed by atoms with Gasteiger partial charge in [-0.3, -0.25) is 9.69 Å². The summed E-state index contributed by atoms with van der Waals surface area (Å²) in [4.78, 5) is 22.8. The van der Waals surface area contributed by atoms with E-state index in [1.165, 1.54) is 0 Å². The van der Waals surface area contributed by atoms with Crippen LogP contribution in [0.1, 0.15) is 13.8 Å². The zero-order valence-electron chi connectivity index (χ0n) is 7.13. The molecule has 0 radical (unpaired) electrons. The lowest BCUT2D eigenvalue weighted by Crippen LogP contribution is -2.40. The molecule has 0 spiro atoms. The highest BCUT2D eigenvalue weighted by Gasteiger charge is 2.23. The summed E-state index contributed by atoms with van der Waals surface area (Å²) < 4.78 is 0. The molecule has 1 aliphatic rings. The van der Waals surface area contributed by atoms with E-state index >= 15 is 0 Å². The second kappa shape index (κ2) is 2.97. The average molecular weight is 169 g/mol. The number of Topliss-reactive ketones (excluding diaryl/α,β-unsaturated/α-hetero) is 1. The fourth-order valence-corrected chi connectivity index (χ4v) is 1.13. The van der Waals surface area contributed by atoms with E-state index in [0.717, 1.165) is 10.5 Å². The molecule has 4 nitrogen and oxygen atoms in total. The number of hydrogen-bond donors (Lipinski definition) is 1. The minimum absolute atomic E-state index is 0.00148. The molecule has 0 atom stereocenters. The molecule has 66 valence electrons. The molecule has 1 N–H and O–H groups in total. The number of hydrogen-bond acceptors (Lipinski definition) is 2. The molecular weight excluding hydrogens is 158 g/mol. The van der Waals surface area contributed by atoms with Gasteiger partial charge >= 0.3 is 6.09 Å². The monoisotopic (exact) mass is 169 g/mol. The molecule has 0 saturated carbocycles. The topological polar surface area (TPSA) is 57.6 Å². The molecule has 1 aliphatic heterocycles. The van der Waals surface area contributed by atoms with Gasteiger partial charge in [0.2, 0.25) is 0 Å². The molecule has 12 heavy (non-hydrogen) atoms. The summed E-state index contributed by atoms with van der Waals surface area (Å²) in [5.74, 6) is -0.0962. The number of carbonyl (C=O) groups excluding carboxylic acids is 1. The Kier molecular flexibility index (Phi) is 2.17. The fraction of sp³-hybridized carbons (Fsp3) is 0.500. The van der Waals surface area contributed by atoms with E-state index in [4.69, 9.17) is 5.11 Å². The molecule has 4 heteroatoms. The van der Waals surface area contributed by atoms with E-state index in [0.29, 0.717) is 12.1 Å². The van der Waals surface area contributed by atoms with Crippen molar-refractivity contribution in [2.75, 3.05) is 13.1 Å². The van der Waals surface area contributed by atoms with Gasteiger partial charge in [-0.05, 0) is 25.0 Å². The SMILES string of the molecule is CC1=C(C)C(=O)CN(C(=O)O)C1.